The molecule has 0 spiro atoms. The topological polar surface area (TPSA) is 162 Å². The number of anilines is 1. The molecule has 0 saturated carbocycles. The van der Waals surface area contributed by atoms with Gasteiger partial charge in [0.25, 0.3) is 0 Å². The highest BCUT2D eigenvalue weighted by atomic mass is 35.5. The van der Waals surface area contributed by atoms with Crippen molar-refractivity contribution in [2.24, 2.45) is 16.1 Å². The molecule has 4 N–H and O–H groups in total. The average Bonchev–Trinajstić information content (AvgIpc) is 3.34. The molecule has 1 unspecified atom stereocenters. The summed E-state index contributed by atoms with van der Waals surface area (Å²) < 4.78 is 16.4. The zero-order valence-electron chi connectivity index (χ0n) is 22.5. The first-order chi connectivity index (χ1) is 19.1. The predicted octanol–water partition coefficient (Wildman–Crippen LogP) is 4.38. The number of H-pyrrole nitrogens is 1. The zero-order valence-corrected chi connectivity index (χ0v) is 23.3. The number of halogens is 1. The normalized spacial score (nSPS) is 15.9. The lowest BCUT2D eigenvalue weighted by atomic mass is 9.89. The number of aryl methyl sites for hydroxylation is 1. The summed E-state index contributed by atoms with van der Waals surface area (Å²) in [6, 6.07) is 6.71. The first-order valence-corrected chi connectivity index (χ1v) is 13.0. The van der Waals surface area contributed by atoms with Gasteiger partial charge >= 0.3 is 5.76 Å². The van der Waals surface area contributed by atoms with Crippen LogP contribution in [0.1, 0.15) is 42.3 Å². The summed E-state index contributed by atoms with van der Waals surface area (Å²) in [4.78, 5) is 36.4. The standard InChI is InChI=1S/C28H29ClN6O5/c1-14-7-18(16(3)32-20-5-6-21(29)33-22(20)26-34-27(37)40-35-26)25-19(8-14)23(36)15(2)24(39-25)17(9-30)10-31-11-28(4)12-38-13-28/h5-10,16,32H,11-13,30H2,1-4H3,(H,34,35,37)/b17-9+,31-10?. The number of benzene rings is 1. The molecule has 12 heteroatoms. The van der Waals surface area contributed by atoms with Gasteiger partial charge in [-0.05, 0) is 44.5 Å². The van der Waals surface area contributed by atoms with Gasteiger partial charge in [0.15, 0.2) is 5.43 Å². The molecule has 40 heavy (non-hydrogen) atoms. The van der Waals surface area contributed by atoms with E-state index in [0.717, 1.165) is 11.1 Å². The molecule has 11 nitrogen and oxygen atoms in total. The zero-order chi connectivity index (χ0) is 28.6. The lowest BCUT2D eigenvalue weighted by Crippen LogP contribution is -2.42. The molecule has 1 fully saturated rings. The van der Waals surface area contributed by atoms with Gasteiger partial charge in [-0.1, -0.05) is 29.7 Å². The third-order valence-electron chi connectivity index (χ3n) is 6.80. The molecule has 0 aliphatic carbocycles. The van der Waals surface area contributed by atoms with Crippen molar-refractivity contribution in [2.45, 2.75) is 33.7 Å². The smallest absolute Gasteiger partial charge is 0.439 e. The molecule has 4 heterocycles. The SMILES string of the molecule is Cc1cc(C(C)Nc2ccc(Cl)nc2-c2noc(=O)[nH]2)c2oc(/C(C=NCC3(C)COC3)=C/N)c(C)c(=O)c2c1. The molecule has 1 atom stereocenters. The van der Waals surface area contributed by atoms with E-state index >= 15 is 0 Å². The maximum Gasteiger partial charge on any atom is 0.439 e. The molecule has 5 rings (SSSR count). The Hall–Kier alpha value is -4.22. The van der Waals surface area contributed by atoms with Crippen LogP contribution >= 0.6 is 11.6 Å². The number of fused-ring (bicyclic) bond motifs is 1. The predicted molar refractivity (Wildman–Crippen MR) is 154 cm³/mol. The van der Waals surface area contributed by atoms with Crippen molar-refractivity contribution in [2.75, 3.05) is 25.1 Å². The van der Waals surface area contributed by atoms with Crippen molar-refractivity contribution in [1.29, 1.82) is 0 Å². The molecule has 0 bridgehead atoms. The molecule has 208 valence electrons. The lowest BCUT2D eigenvalue weighted by molar-refractivity contribution is -0.0944. The maximum absolute atomic E-state index is 13.5. The fraction of sp³-hybridized carbons (Fsp3) is 0.321. The third kappa shape index (κ3) is 5.30. The van der Waals surface area contributed by atoms with Gasteiger partial charge in [0.05, 0.1) is 35.9 Å². The molecule has 0 amide bonds. The maximum atomic E-state index is 13.5. The molecular formula is C28H29ClN6O5. The van der Waals surface area contributed by atoms with Gasteiger partial charge in [-0.3, -0.25) is 19.3 Å². The van der Waals surface area contributed by atoms with Crippen molar-refractivity contribution < 1.29 is 13.7 Å². The van der Waals surface area contributed by atoms with Crippen LogP contribution in [0.5, 0.6) is 0 Å². The molecule has 1 aliphatic rings. The number of aliphatic imine (C=N–C) groups is 1. The number of allylic oxidation sites excluding steroid dienone is 1. The van der Waals surface area contributed by atoms with Gasteiger partial charge in [-0.15, -0.1) is 0 Å². The number of nitrogens with one attached hydrogen (secondary N) is 2. The largest absolute Gasteiger partial charge is 0.455 e. The van der Waals surface area contributed by atoms with Crippen LogP contribution in [0.25, 0.3) is 28.1 Å². The van der Waals surface area contributed by atoms with Crippen LogP contribution in [0, 0.1) is 19.3 Å². The summed E-state index contributed by atoms with van der Waals surface area (Å²) in [5, 5.41) is 7.78. The Morgan fingerprint density at radius 3 is 2.73 bits per heavy atom. The van der Waals surface area contributed by atoms with E-state index in [9.17, 15) is 9.59 Å². The number of aromatic nitrogens is 3. The van der Waals surface area contributed by atoms with E-state index in [0.29, 0.717) is 59.0 Å². The van der Waals surface area contributed by atoms with Crippen molar-refractivity contribution in [3.8, 4) is 11.5 Å². The van der Waals surface area contributed by atoms with Gasteiger partial charge < -0.3 is 20.2 Å². The number of hydrogen-bond acceptors (Lipinski definition) is 10. The third-order valence-corrected chi connectivity index (χ3v) is 7.01. The number of ether oxygens (including phenoxy) is 1. The van der Waals surface area contributed by atoms with Crippen LogP contribution in [0.3, 0.4) is 0 Å². The summed E-state index contributed by atoms with van der Waals surface area (Å²) in [7, 11) is 0. The second-order valence-electron chi connectivity index (χ2n) is 10.4. The molecule has 1 aliphatic heterocycles. The van der Waals surface area contributed by atoms with Crippen molar-refractivity contribution in [1.82, 2.24) is 15.1 Å². The van der Waals surface area contributed by atoms with Crippen LogP contribution in [0.4, 0.5) is 5.69 Å². The van der Waals surface area contributed by atoms with Crippen LogP contribution in [0.15, 0.2) is 54.0 Å². The number of pyridine rings is 1. The van der Waals surface area contributed by atoms with Gasteiger partial charge in [-0.2, -0.15) is 0 Å². The number of hydrogen-bond donors (Lipinski definition) is 3. The van der Waals surface area contributed by atoms with E-state index in [1.54, 1.807) is 31.3 Å². The van der Waals surface area contributed by atoms with Crippen molar-refractivity contribution in [3.63, 3.8) is 0 Å². The van der Waals surface area contributed by atoms with E-state index in [1.165, 1.54) is 6.20 Å². The van der Waals surface area contributed by atoms with Gasteiger partial charge in [0.1, 0.15) is 22.2 Å². The average molecular weight is 565 g/mol. The van der Waals surface area contributed by atoms with E-state index in [2.05, 4.69) is 36.9 Å². The Labute approximate surface area is 234 Å². The number of rotatable bonds is 8. The summed E-state index contributed by atoms with van der Waals surface area (Å²) in [6.07, 6.45) is 3.03. The lowest BCUT2D eigenvalue weighted by Gasteiger charge is -2.36. The Morgan fingerprint density at radius 2 is 2.08 bits per heavy atom. The highest BCUT2D eigenvalue weighted by Gasteiger charge is 2.32. The molecule has 1 aromatic carbocycles. The highest BCUT2D eigenvalue weighted by Crippen LogP contribution is 2.33. The van der Waals surface area contributed by atoms with E-state index in [4.69, 9.17) is 26.5 Å². The first kappa shape index (κ1) is 27.4. The van der Waals surface area contributed by atoms with Crippen molar-refractivity contribution >= 4 is 40.0 Å². The molecule has 0 radical (unpaired) electrons. The summed E-state index contributed by atoms with van der Waals surface area (Å²) in [5.41, 5.74) is 9.62. The fourth-order valence-corrected chi connectivity index (χ4v) is 4.77. The monoisotopic (exact) mass is 564 g/mol. The second kappa shape index (κ2) is 10.7. The first-order valence-electron chi connectivity index (χ1n) is 12.7. The second-order valence-corrected chi connectivity index (χ2v) is 10.7. The van der Waals surface area contributed by atoms with Crippen LogP contribution in [-0.2, 0) is 4.74 Å². The highest BCUT2D eigenvalue weighted by molar-refractivity contribution is 6.29. The number of nitrogens with zero attached hydrogens (tertiary/aromatic N) is 3. The van der Waals surface area contributed by atoms with Crippen LogP contribution in [0.2, 0.25) is 5.15 Å². The Bertz CT molecular complexity index is 1770. The summed E-state index contributed by atoms with van der Waals surface area (Å²) in [5.74, 6) is -0.238. The summed E-state index contributed by atoms with van der Waals surface area (Å²) in [6.45, 7) is 9.53. The minimum atomic E-state index is -0.715. The molecule has 1 saturated heterocycles. The number of nitrogens with two attached hydrogens (primary N) is 1. The number of aromatic amines is 1. The summed E-state index contributed by atoms with van der Waals surface area (Å²) >= 11 is 6.12. The minimum absolute atomic E-state index is 0.00432. The molecule has 4 aromatic rings. The van der Waals surface area contributed by atoms with Gasteiger partial charge in [0, 0.05) is 35.5 Å². The fourth-order valence-electron chi connectivity index (χ4n) is 4.62. The van der Waals surface area contributed by atoms with E-state index in [-0.39, 0.29) is 27.9 Å². The van der Waals surface area contributed by atoms with Crippen molar-refractivity contribution in [3.05, 3.63) is 78.8 Å². The van der Waals surface area contributed by atoms with Gasteiger partial charge in [-0.25, -0.2) is 9.78 Å². The minimum Gasteiger partial charge on any atom is -0.455 e. The molecule has 3 aromatic heterocycles. The Morgan fingerprint density at radius 1 is 1.30 bits per heavy atom. The van der Waals surface area contributed by atoms with E-state index < -0.39 is 5.76 Å². The molecular weight excluding hydrogens is 536 g/mol. The van der Waals surface area contributed by atoms with Crippen LogP contribution in [-0.4, -0.2) is 41.1 Å². The van der Waals surface area contributed by atoms with E-state index in [1.807, 2.05) is 19.9 Å². The Balaban J connectivity index is 1.56. The van der Waals surface area contributed by atoms with Gasteiger partial charge in [0.2, 0.25) is 5.82 Å². The quantitative estimate of drug-likeness (QED) is 0.208. The Kier molecular flexibility index (Phi) is 7.35. The van der Waals surface area contributed by atoms with Crippen LogP contribution < -0.4 is 22.2 Å².